The Morgan fingerprint density at radius 1 is 1.17 bits per heavy atom. The van der Waals surface area contributed by atoms with E-state index < -0.39 is 5.97 Å². The molecule has 0 aliphatic rings. The number of rotatable bonds is 8. The molecule has 1 heterocycles. The number of hydrogen-bond donors (Lipinski definition) is 2. The lowest BCUT2D eigenvalue weighted by molar-refractivity contribution is -0.138. The van der Waals surface area contributed by atoms with Crippen LogP contribution in [0.4, 0.5) is 0 Å². The molecule has 2 aromatic rings. The molecule has 2 N–H and O–H groups in total. The van der Waals surface area contributed by atoms with E-state index in [0.29, 0.717) is 13.1 Å². The Morgan fingerprint density at radius 3 is 2.67 bits per heavy atom. The van der Waals surface area contributed by atoms with E-state index in [-0.39, 0.29) is 19.0 Å². The first-order valence-electron chi connectivity index (χ1n) is 7.69. The molecule has 0 radical (unpaired) electrons. The third-order valence-electron chi connectivity index (χ3n) is 3.40. The molecule has 0 spiro atoms. The summed E-state index contributed by atoms with van der Waals surface area (Å²) in [5, 5.41) is 11.1. The van der Waals surface area contributed by atoms with Crippen LogP contribution >= 0.6 is 0 Å². The van der Waals surface area contributed by atoms with Crippen molar-refractivity contribution in [2.45, 2.75) is 20.0 Å². The zero-order chi connectivity index (χ0) is 17.4. The zero-order valence-electron chi connectivity index (χ0n) is 13.6. The zero-order valence-corrected chi connectivity index (χ0v) is 13.6. The summed E-state index contributed by atoms with van der Waals surface area (Å²) in [6.07, 6.45) is 1.71. The summed E-state index contributed by atoms with van der Waals surface area (Å²) in [4.78, 5) is 28.8. The number of aryl methyl sites for hydroxylation is 1. The van der Waals surface area contributed by atoms with Gasteiger partial charge in [0.25, 0.3) is 0 Å². The van der Waals surface area contributed by atoms with Gasteiger partial charge in [0.1, 0.15) is 6.54 Å². The summed E-state index contributed by atoms with van der Waals surface area (Å²) in [5.74, 6) is -1.38. The smallest absolute Gasteiger partial charge is 0.322 e. The molecule has 0 aliphatic carbocycles. The highest BCUT2D eigenvalue weighted by Crippen LogP contribution is 2.10. The van der Waals surface area contributed by atoms with Crippen LogP contribution in [0, 0.1) is 6.92 Å². The first kappa shape index (κ1) is 17.6. The highest BCUT2D eigenvalue weighted by Gasteiger charge is 2.13. The monoisotopic (exact) mass is 327 g/mol. The topological polar surface area (TPSA) is 82.5 Å². The van der Waals surface area contributed by atoms with E-state index in [1.165, 1.54) is 0 Å². The largest absolute Gasteiger partial charge is 0.480 e. The lowest BCUT2D eigenvalue weighted by Gasteiger charge is -2.21. The average Bonchev–Trinajstić information content (AvgIpc) is 2.54. The Balaban J connectivity index is 2.05. The quantitative estimate of drug-likeness (QED) is 0.769. The van der Waals surface area contributed by atoms with Crippen LogP contribution in [0.1, 0.15) is 16.8 Å². The van der Waals surface area contributed by atoms with E-state index in [2.05, 4.69) is 16.4 Å². The van der Waals surface area contributed by atoms with Gasteiger partial charge in [-0.15, -0.1) is 0 Å². The minimum Gasteiger partial charge on any atom is -0.480 e. The summed E-state index contributed by atoms with van der Waals surface area (Å²) in [5.41, 5.74) is 3.11. The Morgan fingerprint density at radius 2 is 2.00 bits per heavy atom. The van der Waals surface area contributed by atoms with Crippen molar-refractivity contribution in [2.75, 3.05) is 13.1 Å². The average molecular weight is 327 g/mol. The number of carboxylic acids is 1. The number of aliphatic carboxylic acids is 1. The van der Waals surface area contributed by atoms with Gasteiger partial charge in [-0.05, 0) is 24.6 Å². The standard InChI is InChI=1S/C18H21N3O3/c1-14-5-4-6-15(9-14)11-21(12-16-7-2-3-8-19-16)13-17(22)20-10-18(23)24/h2-9H,10-13H2,1H3,(H,20,22)(H,23,24). The molecule has 2 rings (SSSR count). The molecule has 0 fully saturated rings. The molecule has 0 bridgehead atoms. The Kier molecular flexibility index (Phi) is 6.45. The minimum atomic E-state index is -1.06. The van der Waals surface area contributed by atoms with Crippen molar-refractivity contribution < 1.29 is 14.7 Å². The molecular weight excluding hydrogens is 306 g/mol. The number of nitrogens with one attached hydrogen (secondary N) is 1. The van der Waals surface area contributed by atoms with Crippen molar-refractivity contribution in [3.63, 3.8) is 0 Å². The maximum absolute atomic E-state index is 12.0. The van der Waals surface area contributed by atoms with Crippen molar-refractivity contribution in [1.29, 1.82) is 0 Å². The van der Waals surface area contributed by atoms with Crippen molar-refractivity contribution in [3.05, 3.63) is 65.5 Å². The molecule has 1 aromatic heterocycles. The maximum Gasteiger partial charge on any atom is 0.322 e. The summed E-state index contributed by atoms with van der Waals surface area (Å²) >= 11 is 0. The van der Waals surface area contributed by atoms with E-state index in [1.807, 2.05) is 48.2 Å². The fraction of sp³-hybridized carbons (Fsp3) is 0.278. The summed E-state index contributed by atoms with van der Waals surface area (Å²) in [6, 6.07) is 13.7. The van der Waals surface area contributed by atoms with Gasteiger partial charge < -0.3 is 10.4 Å². The fourth-order valence-corrected chi connectivity index (χ4v) is 2.39. The molecule has 0 unspecified atom stereocenters. The van der Waals surface area contributed by atoms with Gasteiger partial charge in [-0.25, -0.2) is 0 Å². The number of nitrogens with zero attached hydrogens (tertiary/aromatic N) is 2. The van der Waals surface area contributed by atoms with E-state index in [0.717, 1.165) is 16.8 Å². The fourth-order valence-electron chi connectivity index (χ4n) is 2.39. The van der Waals surface area contributed by atoms with Gasteiger partial charge in [0.2, 0.25) is 5.91 Å². The Bertz CT molecular complexity index is 689. The highest BCUT2D eigenvalue weighted by atomic mass is 16.4. The van der Waals surface area contributed by atoms with Crippen molar-refractivity contribution >= 4 is 11.9 Å². The van der Waals surface area contributed by atoms with E-state index >= 15 is 0 Å². The van der Waals surface area contributed by atoms with Gasteiger partial charge in [0, 0.05) is 19.3 Å². The van der Waals surface area contributed by atoms with Crippen LogP contribution in [-0.4, -0.2) is 40.0 Å². The van der Waals surface area contributed by atoms with Crippen molar-refractivity contribution in [2.24, 2.45) is 0 Å². The van der Waals surface area contributed by atoms with Crippen LogP contribution in [-0.2, 0) is 22.7 Å². The van der Waals surface area contributed by atoms with Gasteiger partial charge in [0.15, 0.2) is 0 Å². The molecule has 126 valence electrons. The molecule has 6 heteroatoms. The number of carboxylic acid groups (broad SMARTS) is 1. The maximum atomic E-state index is 12.0. The van der Waals surface area contributed by atoms with Gasteiger partial charge in [-0.2, -0.15) is 0 Å². The first-order valence-corrected chi connectivity index (χ1v) is 7.69. The number of amides is 1. The number of benzene rings is 1. The van der Waals surface area contributed by atoms with Crippen LogP contribution in [0.15, 0.2) is 48.7 Å². The lowest BCUT2D eigenvalue weighted by atomic mass is 10.1. The van der Waals surface area contributed by atoms with E-state index in [4.69, 9.17) is 5.11 Å². The molecule has 6 nitrogen and oxygen atoms in total. The summed E-state index contributed by atoms with van der Waals surface area (Å²) in [6.45, 7) is 2.85. The molecule has 0 atom stereocenters. The third kappa shape index (κ3) is 6.18. The highest BCUT2D eigenvalue weighted by molar-refractivity contribution is 5.82. The molecule has 24 heavy (non-hydrogen) atoms. The lowest BCUT2D eigenvalue weighted by Crippen LogP contribution is -2.38. The molecule has 1 aromatic carbocycles. The minimum absolute atomic E-state index is 0.109. The second-order valence-corrected chi connectivity index (χ2v) is 5.63. The Hall–Kier alpha value is -2.73. The van der Waals surface area contributed by atoms with Crippen LogP contribution < -0.4 is 5.32 Å². The van der Waals surface area contributed by atoms with Crippen LogP contribution in [0.3, 0.4) is 0 Å². The molecule has 1 amide bonds. The van der Waals surface area contributed by atoms with E-state index in [1.54, 1.807) is 6.20 Å². The van der Waals surface area contributed by atoms with Gasteiger partial charge in [0.05, 0.1) is 12.2 Å². The number of aromatic nitrogens is 1. The summed E-state index contributed by atoms with van der Waals surface area (Å²) in [7, 11) is 0. The SMILES string of the molecule is Cc1cccc(CN(CC(=O)NCC(=O)O)Cc2ccccn2)c1. The second-order valence-electron chi connectivity index (χ2n) is 5.63. The number of carbonyl (C=O) groups is 2. The third-order valence-corrected chi connectivity index (χ3v) is 3.40. The molecule has 0 aliphatic heterocycles. The van der Waals surface area contributed by atoms with Crippen LogP contribution in [0.2, 0.25) is 0 Å². The normalized spacial score (nSPS) is 10.6. The first-order chi connectivity index (χ1) is 11.5. The number of pyridine rings is 1. The van der Waals surface area contributed by atoms with Crippen LogP contribution in [0.5, 0.6) is 0 Å². The predicted molar refractivity (Wildman–Crippen MR) is 90.2 cm³/mol. The summed E-state index contributed by atoms with van der Waals surface area (Å²) < 4.78 is 0. The Labute approximate surface area is 141 Å². The molecule has 0 saturated heterocycles. The van der Waals surface area contributed by atoms with E-state index in [9.17, 15) is 9.59 Å². The number of carbonyl (C=O) groups excluding carboxylic acids is 1. The van der Waals surface area contributed by atoms with Gasteiger partial charge in [-0.3, -0.25) is 19.5 Å². The number of hydrogen-bond acceptors (Lipinski definition) is 4. The van der Waals surface area contributed by atoms with Gasteiger partial charge >= 0.3 is 5.97 Å². The van der Waals surface area contributed by atoms with Crippen LogP contribution in [0.25, 0.3) is 0 Å². The molecular formula is C18H21N3O3. The molecule has 0 saturated carbocycles. The van der Waals surface area contributed by atoms with Crippen molar-refractivity contribution in [1.82, 2.24) is 15.2 Å². The predicted octanol–water partition coefficient (Wildman–Crippen LogP) is 1.59. The second kappa shape index (κ2) is 8.79. The van der Waals surface area contributed by atoms with Gasteiger partial charge in [-0.1, -0.05) is 35.9 Å². The van der Waals surface area contributed by atoms with Crippen molar-refractivity contribution in [3.8, 4) is 0 Å².